The highest BCUT2D eigenvalue weighted by molar-refractivity contribution is 6.05. The smallest absolute Gasteiger partial charge is 0.324 e. The van der Waals surface area contributed by atoms with Gasteiger partial charge in [-0.2, -0.15) is 5.10 Å². The summed E-state index contributed by atoms with van der Waals surface area (Å²) in [4.78, 5) is 42.3. The number of aromatic nitrogens is 3. The first-order valence-corrected chi connectivity index (χ1v) is 11.4. The quantitative estimate of drug-likeness (QED) is 0.318. The van der Waals surface area contributed by atoms with Gasteiger partial charge in [-0.3, -0.25) is 19.5 Å². The number of H-pyrrole nitrogens is 1. The summed E-state index contributed by atoms with van der Waals surface area (Å²) < 4.78 is 16.2. The van der Waals surface area contributed by atoms with Crippen LogP contribution in [-0.4, -0.2) is 58.3 Å². The predicted octanol–water partition coefficient (Wildman–Crippen LogP) is 3.35. The average molecular weight is 472 g/mol. The van der Waals surface area contributed by atoms with Crippen LogP contribution in [0.5, 0.6) is 0 Å². The van der Waals surface area contributed by atoms with Gasteiger partial charge in [0.2, 0.25) is 0 Å². The number of esters is 2. The average Bonchev–Trinajstić information content (AvgIpc) is 3.49. The molecule has 0 bridgehead atoms. The molecule has 2 aliphatic heterocycles. The Morgan fingerprint density at radius 1 is 1.21 bits per heavy atom. The highest BCUT2D eigenvalue weighted by atomic mass is 16.6. The lowest BCUT2D eigenvalue weighted by atomic mass is 9.81. The van der Waals surface area contributed by atoms with Crippen LogP contribution < -0.4 is 0 Å². The van der Waals surface area contributed by atoms with Crippen LogP contribution in [-0.2, 0) is 35.0 Å². The first-order chi connectivity index (χ1) is 15.9. The molecule has 3 atom stereocenters. The van der Waals surface area contributed by atoms with Gasteiger partial charge in [-0.25, -0.2) is 4.98 Å². The lowest BCUT2D eigenvalue weighted by Gasteiger charge is -2.12. The molecule has 1 N–H and O–H groups in total. The topological polar surface area (TPSA) is 120 Å². The molecule has 2 fully saturated rings. The number of benzene rings is 1. The molecule has 2 aliphatic rings. The highest BCUT2D eigenvalue weighted by Gasteiger charge is 2.62. The molecule has 1 aromatic heterocycles. The fourth-order valence-corrected chi connectivity index (χ4v) is 4.28. The van der Waals surface area contributed by atoms with Gasteiger partial charge in [0, 0.05) is 37.9 Å². The van der Waals surface area contributed by atoms with Crippen molar-refractivity contribution in [2.75, 3.05) is 13.2 Å². The molecule has 2 saturated heterocycles. The third-order valence-electron chi connectivity index (χ3n) is 6.25. The van der Waals surface area contributed by atoms with E-state index in [-0.39, 0.29) is 39.1 Å². The Bertz CT molecular complexity index is 1040. The second kappa shape index (κ2) is 10.9. The van der Waals surface area contributed by atoms with Gasteiger partial charge in [0.05, 0.1) is 6.61 Å². The Hall–Kier alpha value is -3.07. The molecule has 0 radical (unpaired) electrons. The molecular weight excluding hydrogens is 438 g/mol. The molecular formula is C25H33N3O6. The zero-order valence-corrected chi connectivity index (χ0v) is 19.0. The van der Waals surface area contributed by atoms with Gasteiger partial charge in [0.1, 0.15) is 11.9 Å². The Morgan fingerprint density at radius 2 is 1.97 bits per heavy atom. The van der Waals surface area contributed by atoms with E-state index in [1.165, 1.54) is 0 Å². The van der Waals surface area contributed by atoms with Crippen molar-refractivity contribution in [3.8, 4) is 11.4 Å². The van der Waals surface area contributed by atoms with Crippen molar-refractivity contribution < 1.29 is 28.6 Å². The maximum atomic E-state index is 12.8. The number of Topliss-reactive ketones (excluding diaryl/α,β-unsaturated/α-hetero) is 1. The molecule has 9 nitrogen and oxygen atoms in total. The number of cyclic esters (lactones) is 2. The minimum absolute atomic E-state index is 0. The van der Waals surface area contributed by atoms with Gasteiger partial charge < -0.3 is 14.2 Å². The SMILES string of the molecule is C.CCCCOC[C@@H]1C[C@@]2(CC(C(=O)CCc3nc(-c4ccccc4C)n[nH]3)OC2=O)C(=O)O1. The number of aromatic amines is 1. The van der Waals surface area contributed by atoms with Gasteiger partial charge in [-0.15, -0.1) is 0 Å². The number of ketones is 1. The zero-order valence-electron chi connectivity index (χ0n) is 19.0. The first-order valence-electron chi connectivity index (χ1n) is 11.4. The fourth-order valence-electron chi connectivity index (χ4n) is 4.28. The summed E-state index contributed by atoms with van der Waals surface area (Å²) >= 11 is 0. The van der Waals surface area contributed by atoms with Crippen LogP contribution in [0, 0.1) is 12.3 Å². The monoisotopic (exact) mass is 471 g/mol. The molecule has 0 aliphatic carbocycles. The second-order valence-electron chi connectivity index (χ2n) is 8.73. The van der Waals surface area contributed by atoms with Crippen LogP contribution in [0.3, 0.4) is 0 Å². The number of carbonyl (C=O) groups excluding carboxylic acids is 3. The van der Waals surface area contributed by atoms with Gasteiger partial charge in [0.25, 0.3) is 0 Å². The van der Waals surface area contributed by atoms with Gasteiger partial charge >= 0.3 is 11.9 Å². The van der Waals surface area contributed by atoms with Crippen LogP contribution in [0.25, 0.3) is 11.4 Å². The molecule has 2 aromatic rings. The van der Waals surface area contributed by atoms with Gasteiger partial charge in [-0.1, -0.05) is 45.0 Å². The summed E-state index contributed by atoms with van der Waals surface area (Å²) in [5, 5.41) is 7.11. The number of carbonyl (C=O) groups is 3. The Morgan fingerprint density at radius 3 is 2.74 bits per heavy atom. The van der Waals surface area contributed by atoms with Crippen molar-refractivity contribution in [1.82, 2.24) is 15.2 Å². The minimum atomic E-state index is -1.40. The van der Waals surface area contributed by atoms with E-state index in [1.807, 2.05) is 31.2 Å². The maximum absolute atomic E-state index is 12.8. The summed E-state index contributed by atoms with van der Waals surface area (Å²) in [6.45, 7) is 4.87. The number of aryl methyl sites for hydroxylation is 2. The van der Waals surface area contributed by atoms with E-state index in [0.29, 0.717) is 24.7 Å². The first kappa shape index (κ1) is 25.6. The summed E-state index contributed by atoms with van der Waals surface area (Å²) in [6, 6.07) is 7.79. The lowest BCUT2D eigenvalue weighted by molar-refractivity contribution is -0.160. The van der Waals surface area contributed by atoms with Crippen molar-refractivity contribution in [2.24, 2.45) is 5.41 Å². The molecule has 184 valence electrons. The summed E-state index contributed by atoms with van der Waals surface area (Å²) in [5.74, 6) is -0.397. The highest BCUT2D eigenvalue weighted by Crippen LogP contribution is 2.45. The van der Waals surface area contributed by atoms with E-state index in [9.17, 15) is 14.4 Å². The molecule has 1 unspecified atom stereocenters. The molecule has 0 saturated carbocycles. The molecule has 34 heavy (non-hydrogen) atoms. The summed E-state index contributed by atoms with van der Waals surface area (Å²) in [7, 11) is 0. The van der Waals surface area contributed by atoms with E-state index in [1.54, 1.807) is 0 Å². The van der Waals surface area contributed by atoms with E-state index >= 15 is 0 Å². The number of nitrogens with zero attached hydrogens (tertiary/aromatic N) is 2. The zero-order chi connectivity index (χ0) is 23.4. The van der Waals surface area contributed by atoms with Crippen molar-refractivity contribution >= 4 is 17.7 Å². The van der Waals surface area contributed by atoms with E-state index in [0.717, 1.165) is 24.0 Å². The third-order valence-corrected chi connectivity index (χ3v) is 6.25. The molecule has 4 rings (SSSR count). The molecule has 1 spiro atoms. The molecule has 1 aromatic carbocycles. The minimum Gasteiger partial charge on any atom is -0.459 e. The Labute approximate surface area is 199 Å². The Kier molecular flexibility index (Phi) is 8.19. The van der Waals surface area contributed by atoms with Crippen molar-refractivity contribution in [3.63, 3.8) is 0 Å². The number of hydrogen-bond acceptors (Lipinski definition) is 8. The lowest BCUT2D eigenvalue weighted by Crippen LogP contribution is -2.31. The standard InChI is InChI=1S/C24H29N3O6.CH4/c1-3-4-11-31-14-16-12-24(22(29)32-16)13-19(33-23(24)30)18(28)9-10-20-25-21(27-26-20)17-8-6-5-7-15(17)2;/h5-8,16,19H,3-4,9-14H2,1-2H3,(H,25,26,27);1H4/t16-,19?,24+;/m0./s1. The number of ether oxygens (including phenoxy) is 3. The number of rotatable bonds is 10. The number of nitrogens with one attached hydrogen (secondary N) is 1. The van der Waals surface area contributed by atoms with Crippen LogP contribution in [0.15, 0.2) is 24.3 Å². The van der Waals surface area contributed by atoms with E-state index in [4.69, 9.17) is 14.2 Å². The predicted molar refractivity (Wildman–Crippen MR) is 124 cm³/mol. The summed E-state index contributed by atoms with van der Waals surface area (Å²) in [6.07, 6.45) is 1.12. The van der Waals surface area contributed by atoms with Crippen LogP contribution in [0.4, 0.5) is 0 Å². The van der Waals surface area contributed by atoms with Gasteiger partial charge in [-0.05, 0) is 18.9 Å². The molecule has 3 heterocycles. The largest absolute Gasteiger partial charge is 0.459 e. The normalized spacial score (nSPS) is 23.6. The molecule has 0 amide bonds. The Balaban J connectivity index is 0.00000324. The van der Waals surface area contributed by atoms with Crippen molar-refractivity contribution in [3.05, 3.63) is 35.7 Å². The van der Waals surface area contributed by atoms with Crippen molar-refractivity contribution in [2.45, 2.75) is 72.0 Å². The van der Waals surface area contributed by atoms with E-state index < -0.39 is 29.6 Å². The van der Waals surface area contributed by atoms with E-state index in [2.05, 4.69) is 22.1 Å². The van der Waals surface area contributed by atoms with Crippen molar-refractivity contribution in [1.29, 1.82) is 0 Å². The fraction of sp³-hybridized carbons (Fsp3) is 0.560. The third kappa shape index (κ3) is 5.19. The van der Waals surface area contributed by atoms with Crippen LogP contribution in [0.2, 0.25) is 0 Å². The second-order valence-corrected chi connectivity index (χ2v) is 8.73. The maximum Gasteiger partial charge on any atom is 0.324 e. The van der Waals surface area contributed by atoms with Crippen LogP contribution in [0.1, 0.15) is 57.8 Å². The number of hydrogen-bond donors (Lipinski definition) is 1. The number of unbranched alkanes of at least 4 members (excludes halogenated alkanes) is 1. The van der Waals surface area contributed by atoms with Gasteiger partial charge in [0.15, 0.2) is 23.1 Å². The molecule has 9 heteroatoms. The summed E-state index contributed by atoms with van der Waals surface area (Å²) in [5.41, 5.74) is 0.578. The van der Waals surface area contributed by atoms with Crippen LogP contribution >= 0.6 is 0 Å².